The predicted molar refractivity (Wildman–Crippen MR) is 126 cm³/mol. The number of carbonyl (C=O) groups is 1. The lowest BCUT2D eigenvalue weighted by Crippen LogP contribution is -2.40. The van der Waals surface area contributed by atoms with E-state index in [2.05, 4.69) is 5.32 Å². The Balaban J connectivity index is 1.43. The average molecular weight is 494 g/mol. The van der Waals surface area contributed by atoms with E-state index >= 15 is 0 Å². The van der Waals surface area contributed by atoms with Gasteiger partial charge >= 0.3 is 5.69 Å². The van der Waals surface area contributed by atoms with Gasteiger partial charge in [-0.1, -0.05) is 37.3 Å². The number of ether oxygens (including phenoxy) is 2. The van der Waals surface area contributed by atoms with Gasteiger partial charge in [-0.3, -0.25) is 13.9 Å². The quantitative estimate of drug-likeness (QED) is 0.364. The van der Waals surface area contributed by atoms with E-state index in [0.717, 1.165) is 38.5 Å². The first-order valence-corrected chi connectivity index (χ1v) is 12.2. The van der Waals surface area contributed by atoms with Gasteiger partial charge in [0.05, 0.1) is 48.7 Å². The number of aliphatic hydroxyl groups is 2. The summed E-state index contributed by atoms with van der Waals surface area (Å²) in [5.41, 5.74) is 0.278. The molecule has 1 saturated carbocycles. The van der Waals surface area contributed by atoms with Gasteiger partial charge in [0, 0.05) is 18.3 Å². The molecule has 2 aromatic rings. The van der Waals surface area contributed by atoms with Gasteiger partial charge in [-0.05, 0) is 31.0 Å². The predicted octanol–water partition coefficient (Wildman–Crippen LogP) is 2.09. The zero-order valence-electron chi connectivity index (χ0n) is 19.1. The minimum Gasteiger partial charge on any atom is -0.389 e. The maximum atomic E-state index is 12.9. The third kappa shape index (κ3) is 6.09. The molecule has 186 valence electrons. The number of amides is 1. The summed E-state index contributed by atoms with van der Waals surface area (Å²) in [6, 6.07) is 4.72. The van der Waals surface area contributed by atoms with Crippen molar-refractivity contribution in [1.82, 2.24) is 14.5 Å². The van der Waals surface area contributed by atoms with E-state index in [0.29, 0.717) is 18.9 Å². The minimum atomic E-state index is -0.940. The molecule has 4 rings (SSSR count). The van der Waals surface area contributed by atoms with E-state index in [-0.39, 0.29) is 41.4 Å². The molecule has 1 aliphatic carbocycles. The van der Waals surface area contributed by atoms with Crippen molar-refractivity contribution in [3.8, 4) is 5.69 Å². The Morgan fingerprint density at radius 1 is 1.18 bits per heavy atom. The van der Waals surface area contributed by atoms with Gasteiger partial charge < -0.3 is 25.0 Å². The third-order valence-corrected chi connectivity index (χ3v) is 6.81. The summed E-state index contributed by atoms with van der Waals surface area (Å²) >= 11 is 6.27. The molecule has 2 heterocycles. The van der Waals surface area contributed by atoms with Gasteiger partial charge in [0.1, 0.15) is 12.3 Å². The second-order valence-electron chi connectivity index (χ2n) is 9.08. The van der Waals surface area contributed by atoms with Gasteiger partial charge in [-0.15, -0.1) is 0 Å². The Hall–Kier alpha value is -2.17. The number of nitrogens with one attached hydrogen (secondary N) is 1. The minimum absolute atomic E-state index is 0.00400. The summed E-state index contributed by atoms with van der Waals surface area (Å²) in [4.78, 5) is 25.7. The second-order valence-corrected chi connectivity index (χ2v) is 9.49. The van der Waals surface area contributed by atoms with Crippen LogP contribution in [0.15, 0.2) is 35.4 Å². The summed E-state index contributed by atoms with van der Waals surface area (Å²) in [6.07, 6.45) is 7.51. The Bertz CT molecular complexity index is 1030. The highest BCUT2D eigenvalue weighted by atomic mass is 35.5. The largest absolute Gasteiger partial charge is 0.389 e. The fourth-order valence-corrected chi connectivity index (χ4v) is 4.58. The Kier molecular flexibility index (Phi) is 8.44. The summed E-state index contributed by atoms with van der Waals surface area (Å²) in [5, 5.41) is 23.7. The molecular weight excluding hydrogens is 462 g/mol. The maximum Gasteiger partial charge on any atom is 0.332 e. The van der Waals surface area contributed by atoms with Gasteiger partial charge in [0.15, 0.2) is 0 Å². The number of nitrogens with zero attached hydrogens (tertiary/aromatic N) is 2. The number of benzene rings is 1. The van der Waals surface area contributed by atoms with E-state index < -0.39 is 18.2 Å². The molecule has 34 heavy (non-hydrogen) atoms. The Morgan fingerprint density at radius 3 is 2.59 bits per heavy atom. The van der Waals surface area contributed by atoms with Gasteiger partial charge in [0.2, 0.25) is 0 Å². The molecule has 1 aromatic heterocycles. The summed E-state index contributed by atoms with van der Waals surface area (Å²) in [5.74, 6) is -0.457. The van der Waals surface area contributed by atoms with E-state index in [1.807, 2.05) is 0 Å². The number of hydrogen-bond acceptors (Lipinski definition) is 6. The molecule has 2 unspecified atom stereocenters. The molecule has 1 saturated heterocycles. The Labute approximate surface area is 203 Å². The van der Waals surface area contributed by atoms with E-state index in [9.17, 15) is 19.8 Å². The van der Waals surface area contributed by atoms with Gasteiger partial charge in [-0.2, -0.15) is 0 Å². The second kappa shape index (κ2) is 11.5. The number of halogens is 1. The fourth-order valence-electron chi connectivity index (χ4n) is 4.38. The molecule has 10 heteroatoms. The SMILES string of the molecule is O=C(NC(O)C1CCCCCC1)c1cc(-n2ccn(CC(O)COC3COC3)c2=O)ccc1Cl. The number of imidazole rings is 1. The van der Waals surface area contributed by atoms with Crippen molar-refractivity contribution >= 4 is 17.5 Å². The lowest BCUT2D eigenvalue weighted by atomic mass is 9.98. The molecule has 1 aliphatic heterocycles. The van der Waals surface area contributed by atoms with Crippen molar-refractivity contribution in [2.24, 2.45) is 5.92 Å². The normalized spacial score (nSPS) is 19.3. The molecule has 1 aromatic carbocycles. The van der Waals surface area contributed by atoms with E-state index in [1.54, 1.807) is 24.5 Å². The molecule has 0 bridgehead atoms. The standard InChI is InChI=1S/C24H32ClN3O6/c25-21-8-7-17(11-20(21)23(31)26-22(30)16-5-3-1-2-4-6-16)28-10-9-27(24(28)32)12-18(29)13-34-19-14-33-15-19/h7-11,16,18-19,22,29-30H,1-6,12-15H2,(H,26,31). The van der Waals surface area contributed by atoms with Crippen molar-refractivity contribution in [2.75, 3.05) is 19.8 Å². The molecule has 2 aliphatic rings. The number of aliphatic hydroxyl groups excluding tert-OH is 2. The summed E-state index contributed by atoms with van der Waals surface area (Å²) < 4.78 is 13.3. The molecule has 9 nitrogen and oxygen atoms in total. The number of aromatic nitrogens is 2. The maximum absolute atomic E-state index is 12.9. The molecule has 0 radical (unpaired) electrons. The van der Waals surface area contributed by atoms with E-state index in [4.69, 9.17) is 21.1 Å². The molecule has 2 atom stereocenters. The van der Waals surface area contributed by atoms with Crippen molar-refractivity contribution in [3.63, 3.8) is 0 Å². The Morgan fingerprint density at radius 2 is 1.91 bits per heavy atom. The van der Waals surface area contributed by atoms with Crippen LogP contribution in [0.3, 0.4) is 0 Å². The zero-order valence-corrected chi connectivity index (χ0v) is 19.8. The highest BCUT2D eigenvalue weighted by molar-refractivity contribution is 6.33. The monoisotopic (exact) mass is 493 g/mol. The van der Waals surface area contributed by atoms with Crippen LogP contribution >= 0.6 is 11.6 Å². The van der Waals surface area contributed by atoms with Crippen LogP contribution in [0.4, 0.5) is 0 Å². The van der Waals surface area contributed by atoms with Gasteiger partial charge in [-0.25, -0.2) is 4.79 Å². The van der Waals surface area contributed by atoms with Crippen LogP contribution in [0, 0.1) is 5.92 Å². The van der Waals surface area contributed by atoms with Crippen LogP contribution in [-0.4, -0.2) is 63.5 Å². The van der Waals surface area contributed by atoms with Crippen LogP contribution < -0.4 is 11.0 Å². The zero-order chi connectivity index (χ0) is 24.1. The summed E-state index contributed by atoms with van der Waals surface area (Å²) in [6.45, 7) is 1.23. The smallest absolute Gasteiger partial charge is 0.332 e. The van der Waals surface area contributed by atoms with Crippen molar-refractivity contribution < 1.29 is 24.5 Å². The van der Waals surface area contributed by atoms with Crippen LogP contribution in [0.2, 0.25) is 5.02 Å². The molecule has 1 amide bonds. The molecule has 3 N–H and O–H groups in total. The van der Waals surface area contributed by atoms with Crippen LogP contribution in [0.25, 0.3) is 5.69 Å². The number of hydrogen-bond donors (Lipinski definition) is 3. The van der Waals surface area contributed by atoms with E-state index in [1.165, 1.54) is 15.2 Å². The average Bonchev–Trinajstić information content (AvgIpc) is 2.98. The van der Waals surface area contributed by atoms with Gasteiger partial charge in [0.25, 0.3) is 5.91 Å². The highest BCUT2D eigenvalue weighted by Crippen LogP contribution is 2.26. The summed E-state index contributed by atoms with van der Waals surface area (Å²) in [7, 11) is 0. The molecular formula is C24H32ClN3O6. The first-order chi connectivity index (χ1) is 16.4. The lowest BCUT2D eigenvalue weighted by molar-refractivity contribution is -0.144. The molecule has 0 spiro atoms. The first kappa shape index (κ1) is 24.9. The van der Waals surface area contributed by atoms with Crippen LogP contribution in [0.5, 0.6) is 0 Å². The topological polar surface area (TPSA) is 115 Å². The van der Waals surface area contributed by atoms with Crippen molar-refractivity contribution in [2.45, 2.75) is 63.5 Å². The number of carbonyl (C=O) groups excluding carboxylic acids is 1. The van der Waals surface area contributed by atoms with Crippen LogP contribution in [0.1, 0.15) is 48.9 Å². The van der Waals surface area contributed by atoms with Crippen molar-refractivity contribution in [1.29, 1.82) is 0 Å². The number of rotatable bonds is 9. The van der Waals surface area contributed by atoms with Crippen molar-refractivity contribution in [3.05, 3.63) is 51.7 Å². The lowest BCUT2D eigenvalue weighted by Gasteiger charge is -2.27. The fraction of sp³-hybridized carbons (Fsp3) is 0.583. The first-order valence-electron chi connectivity index (χ1n) is 11.9. The molecule has 2 fully saturated rings. The third-order valence-electron chi connectivity index (χ3n) is 6.48. The van der Waals surface area contributed by atoms with Crippen LogP contribution in [-0.2, 0) is 16.0 Å². The highest BCUT2D eigenvalue weighted by Gasteiger charge is 2.24.